The minimum absolute atomic E-state index is 0.107. The van der Waals surface area contributed by atoms with Gasteiger partial charge < -0.3 is 10.0 Å². The monoisotopic (exact) mass is 443 g/mol. The molecule has 1 N–H and O–H groups in total. The number of fused-ring (bicyclic) bond motifs is 3. The van der Waals surface area contributed by atoms with Gasteiger partial charge in [-0.05, 0) is 61.4 Å². The van der Waals surface area contributed by atoms with Gasteiger partial charge in [0.15, 0.2) is 0 Å². The van der Waals surface area contributed by atoms with E-state index in [1.807, 2.05) is 25.1 Å². The summed E-state index contributed by atoms with van der Waals surface area (Å²) in [6.07, 6.45) is 5.14. The third-order valence-electron chi connectivity index (χ3n) is 6.41. The number of sulfonamides is 1. The van der Waals surface area contributed by atoms with Crippen molar-refractivity contribution >= 4 is 21.8 Å². The van der Waals surface area contributed by atoms with Gasteiger partial charge in [-0.25, -0.2) is 13.4 Å². The number of pyridine rings is 1. The van der Waals surface area contributed by atoms with Crippen LogP contribution in [0.2, 0.25) is 0 Å². The van der Waals surface area contributed by atoms with Gasteiger partial charge in [0.2, 0.25) is 10.0 Å². The molecule has 3 heterocycles. The number of hydrogen-bond acceptors (Lipinski definition) is 5. The fourth-order valence-electron chi connectivity index (χ4n) is 4.54. The van der Waals surface area contributed by atoms with Crippen molar-refractivity contribution in [3.05, 3.63) is 53.2 Å². The number of carboxylic acid groups (broad SMARTS) is 1. The molecule has 1 aromatic heterocycles. The second-order valence-electron chi connectivity index (χ2n) is 8.67. The van der Waals surface area contributed by atoms with Gasteiger partial charge in [0.1, 0.15) is 10.7 Å². The number of aliphatic carboxylic acids is 1. The van der Waals surface area contributed by atoms with Crippen LogP contribution in [0.4, 0.5) is 5.82 Å². The molecule has 4 rings (SSSR count). The van der Waals surface area contributed by atoms with Gasteiger partial charge >= 0.3 is 5.97 Å². The lowest BCUT2D eigenvalue weighted by molar-refractivity contribution is -0.141. The fourth-order valence-corrected chi connectivity index (χ4v) is 6.15. The quantitative estimate of drug-likeness (QED) is 0.763. The van der Waals surface area contributed by atoms with E-state index in [4.69, 9.17) is 0 Å². The number of carboxylic acids is 1. The van der Waals surface area contributed by atoms with E-state index in [-0.39, 0.29) is 17.5 Å². The van der Waals surface area contributed by atoms with Crippen LogP contribution in [0, 0.1) is 12.8 Å². The van der Waals surface area contributed by atoms with E-state index < -0.39 is 21.9 Å². The molecular formula is C23H29N3O4S. The molecule has 0 spiro atoms. The van der Waals surface area contributed by atoms with Crippen LogP contribution in [0.5, 0.6) is 0 Å². The number of piperidine rings is 1. The zero-order chi connectivity index (χ0) is 22.2. The number of carbonyl (C=O) groups is 1. The summed E-state index contributed by atoms with van der Waals surface area (Å²) in [6.45, 7) is 5.16. The molecule has 0 amide bonds. The molecule has 7 nitrogen and oxygen atoms in total. The molecule has 1 fully saturated rings. The highest BCUT2D eigenvalue weighted by Crippen LogP contribution is 2.35. The van der Waals surface area contributed by atoms with Gasteiger partial charge in [0.25, 0.3) is 0 Å². The van der Waals surface area contributed by atoms with Crippen LogP contribution in [-0.4, -0.2) is 47.9 Å². The van der Waals surface area contributed by atoms with Crippen molar-refractivity contribution in [3.63, 3.8) is 0 Å². The van der Waals surface area contributed by atoms with Crippen molar-refractivity contribution in [2.75, 3.05) is 18.0 Å². The number of anilines is 1. The van der Waals surface area contributed by atoms with Crippen LogP contribution < -0.4 is 4.90 Å². The van der Waals surface area contributed by atoms with E-state index in [9.17, 15) is 18.3 Å². The van der Waals surface area contributed by atoms with Crippen molar-refractivity contribution in [2.45, 2.75) is 57.0 Å². The highest BCUT2D eigenvalue weighted by Gasteiger charge is 2.39. The highest BCUT2D eigenvalue weighted by molar-refractivity contribution is 7.89. The molecule has 0 saturated carbocycles. The first-order valence-corrected chi connectivity index (χ1v) is 12.2. The molecule has 2 aliphatic rings. The Morgan fingerprint density at radius 1 is 1.29 bits per heavy atom. The zero-order valence-corrected chi connectivity index (χ0v) is 18.8. The van der Waals surface area contributed by atoms with Crippen molar-refractivity contribution in [3.8, 4) is 0 Å². The standard InChI is InChI=1S/C23H29N3O4S/c1-16-8-9-18(12-17(2)23(27)28)13-19(16)14-25-15-20-6-3-4-11-26(20)22-21(31(25,29)30)7-5-10-24-22/h5,7-10,13,17,20H,3-4,6,11-12,14-15H2,1-2H3,(H,27,28)/t17?,20-/m0/s1. The molecular weight excluding hydrogens is 414 g/mol. The molecule has 0 aliphatic carbocycles. The van der Waals surface area contributed by atoms with Crippen LogP contribution in [0.3, 0.4) is 0 Å². The normalized spacial score (nSPS) is 21.6. The van der Waals surface area contributed by atoms with E-state index in [1.54, 1.807) is 29.6 Å². The Morgan fingerprint density at radius 2 is 2.10 bits per heavy atom. The molecule has 2 aromatic rings. The molecule has 31 heavy (non-hydrogen) atoms. The van der Waals surface area contributed by atoms with Crippen LogP contribution >= 0.6 is 0 Å². The van der Waals surface area contributed by atoms with E-state index >= 15 is 0 Å². The summed E-state index contributed by atoms with van der Waals surface area (Å²) in [4.78, 5) is 18.1. The second kappa shape index (κ2) is 8.59. The van der Waals surface area contributed by atoms with E-state index in [2.05, 4.69) is 9.88 Å². The lowest BCUT2D eigenvalue weighted by Gasteiger charge is -2.36. The average Bonchev–Trinajstić information content (AvgIpc) is 2.84. The molecule has 0 bridgehead atoms. The molecule has 166 valence electrons. The van der Waals surface area contributed by atoms with Crippen LogP contribution in [0.25, 0.3) is 0 Å². The molecule has 2 atom stereocenters. The lowest BCUT2D eigenvalue weighted by Crippen LogP contribution is -2.45. The number of rotatable bonds is 5. The fraction of sp³-hybridized carbons (Fsp3) is 0.478. The molecule has 0 radical (unpaired) electrons. The van der Waals surface area contributed by atoms with Crippen LogP contribution in [-0.2, 0) is 27.8 Å². The van der Waals surface area contributed by atoms with Gasteiger partial charge in [0, 0.05) is 31.9 Å². The Hall–Kier alpha value is -2.45. The summed E-state index contributed by atoms with van der Waals surface area (Å²) in [5, 5.41) is 9.23. The van der Waals surface area contributed by atoms with E-state index in [0.29, 0.717) is 18.8 Å². The first-order chi connectivity index (χ1) is 14.8. The van der Waals surface area contributed by atoms with Crippen molar-refractivity contribution < 1.29 is 18.3 Å². The van der Waals surface area contributed by atoms with Crippen LogP contribution in [0.15, 0.2) is 41.4 Å². The predicted molar refractivity (Wildman–Crippen MR) is 119 cm³/mol. The number of benzene rings is 1. The van der Waals surface area contributed by atoms with Crippen LogP contribution in [0.1, 0.15) is 42.9 Å². The number of aryl methyl sites for hydroxylation is 1. The van der Waals surface area contributed by atoms with Crippen molar-refractivity contribution in [1.82, 2.24) is 9.29 Å². The minimum atomic E-state index is -3.71. The molecule has 2 aliphatic heterocycles. The first kappa shape index (κ1) is 21.8. The van der Waals surface area contributed by atoms with Crippen molar-refractivity contribution in [1.29, 1.82) is 0 Å². The molecule has 1 saturated heterocycles. The smallest absolute Gasteiger partial charge is 0.306 e. The SMILES string of the molecule is Cc1ccc(CC(C)C(=O)O)cc1CN1C[C@@H]2CCCCN2c2ncccc2S1(=O)=O. The average molecular weight is 444 g/mol. The number of hydrogen-bond donors (Lipinski definition) is 1. The molecule has 1 unspecified atom stereocenters. The minimum Gasteiger partial charge on any atom is -0.481 e. The maximum atomic E-state index is 13.6. The highest BCUT2D eigenvalue weighted by atomic mass is 32.2. The third kappa shape index (κ3) is 4.32. The Kier molecular flexibility index (Phi) is 6.03. The van der Waals surface area contributed by atoms with Gasteiger partial charge in [-0.3, -0.25) is 4.79 Å². The maximum absolute atomic E-state index is 13.6. The predicted octanol–water partition coefficient (Wildman–Crippen LogP) is 3.22. The summed E-state index contributed by atoms with van der Waals surface area (Å²) in [5.41, 5.74) is 2.82. The molecule has 1 aromatic carbocycles. The summed E-state index contributed by atoms with van der Waals surface area (Å²) in [7, 11) is -3.71. The largest absolute Gasteiger partial charge is 0.481 e. The van der Waals surface area contributed by atoms with Crippen molar-refractivity contribution in [2.24, 2.45) is 5.92 Å². The topological polar surface area (TPSA) is 90.8 Å². The second-order valence-corrected chi connectivity index (χ2v) is 10.6. The van der Waals surface area contributed by atoms with Gasteiger partial charge in [-0.15, -0.1) is 0 Å². The summed E-state index contributed by atoms with van der Waals surface area (Å²) < 4.78 is 28.8. The Morgan fingerprint density at radius 3 is 2.87 bits per heavy atom. The number of nitrogens with zero attached hydrogens (tertiary/aromatic N) is 3. The first-order valence-electron chi connectivity index (χ1n) is 10.8. The lowest BCUT2D eigenvalue weighted by atomic mass is 9.97. The Balaban J connectivity index is 1.69. The van der Waals surface area contributed by atoms with Gasteiger partial charge in [-0.2, -0.15) is 4.31 Å². The Labute approximate surface area is 183 Å². The number of aromatic nitrogens is 1. The summed E-state index contributed by atoms with van der Waals surface area (Å²) in [6, 6.07) is 9.27. The maximum Gasteiger partial charge on any atom is 0.306 e. The van der Waals surface area contributed by atoms with Gasteiger partial charge in [-0.1, -0.05) is 25.1 Å². The van der Waals surface area contributed by atoms with Gasteiger partial charge in [0.05, 0.1) is 5.92 Å². The zero-order valence-electron chi connectivity index (χ0n) is 18.0. The molecule has 8 heteroatoms. The summed E-state index contributed by atoms with van der Waals surface area (Å²) in [5.74, 6) is -0.764. The summed E-state index contributed by atoms with van der Waals surface area (Å²) >= 11 is 0. The van der Waals surface area contributed by atoms with E-state index in [1.165, 1.54) is 0 Å². The van der Waals surface area contributed by atoms with E-state index in [0.717, 1.165) is 42.5 Å². The Bertz CT molecular complexity index is 1090. The third-order valence-corrected chi connectivity index (χ3v) is 8.24.